The molecule has 2 saturated heterocycles. The van der Waals surface area contributed by atoms with Crippen molar-refractivity contribution in [3.05, 3.63) is 76.6 Å². The number of rotatable bonds is 5. The molecule has 204 valence electrons. The maximum absolute atomic E-state index is 14.0. The Kier molecular flexibility index (Phi) is 7.37. The molecule has 2 aromatic heterocycles. The molecule has 6 rings (SSSR count). The van der Waals surface area contributed by atoms with Crippen molar-refractivity contribution in [2.75, 3.05) is 32.7 Å². The molecule has 0 unspecified atom stereocenters. The quantitative estimate of drug-likeness (QED) is 0.491. The van der Waals surface area contributed by atoms with Gasteiger partial charge >= 0.3 is 7.05 Å². The maximum Gasteiger partial charge on any atom is 0.377 e. The summed E-state index contributed by atoms with van der Waals surface area (Å²) in [5, 5.41) is 11.3. The van der Waals surface area contributed by atoms with E-state index < -0.39 is 13.1 Å². The van der Waals surface area contributed by atoms with Gasteiger partial charge in [0.25, 0.3) is 0 Å². The summed E-state index contributed by atoms with van der Waals surface area (Å²) in [7, 11) is -0.720. The monoisotopic (exact) mass is 548 g/mol. The molecule has 0 spiro atoms. The summed E-state index contributed by atoms with van der Waals surface area (Å²) in [5.74, 6) is 1.20. The third-order valence-electron chi connectivity index (χ3n) is 8.25. The molecule has 3 atom stereocenters. The predicted molar refractivity (Wildman–Crippen MR) is 149 cm³/mol. The average Bonchev–Trinajstić information content (AvgIpc) is 3.53. The van der Waals surface area contributed by atoms with Gasteiger partial charge in [0.05, 0.1) is 29.8 Å². The lowest BCUT2D eigenvalue weighted by atomic mass is 9.81. The Morgan fingerprint density at radius 3 is 2.87 bits per heavy atom. The molecule has 3 aromatic rings. The molecule has 11 heteroatoms. The van der Waals surface area contributed by atoms with Crippen molar-refractivity contribution in [2.45, 2.75) is 45.4 Å². The van der Waals surface area contributed by atoms with Crippen molar-refractivity contribution >= 4 is 24.6 Å². The number of nitrogens with zero attached hydrogens (tertiary/aromatic N) is 6. The number of fused-ring (bicyclic) bond motifs is 2. The molecular formula is C28H34BClN6O3. The highest BCUT2D eigenvalue weighted by Gasteiger charge is 2.43. The molecule has 0 saturated carbocycles. The van der Waals surface area contributed by atoms with Gasteiger partial charge in [0.2, 0.25) is 5.91 Å². The predicted octanol–water partition coefficient (Wildman–Crippen LogP) is 2.87. The number of carbonyl (C=O) groups is 1. The third kappa shape index (κ3) is 5.30. The van der Waals surface area contributed by atoms with E-state index in [-0.39, 0.29) is 11.9 Å². The first-order valence-electron chi connectivity index (χ1n) is 13.7. The second-order valence-electron chi connectivity index (χ2n) is 11.0. The van der Waals surface area contributed by atoms with E-state index in [1.54, 1.807) is 6.82 Å². The van der Waals surface area contributed by atoms with Gasteiger partial charge in [-0.15, -0.1) is 0 Å². The molecule has 2 fully saturated rings. The lowest BCUT2D eigenvalue weighted by molar-refractivity contribution is -0.137. The molecule has 1 aromatic carbocycles. The van der Waals surface area contributed by atoms with Gasteiger partial charge in [-0.05, 0) is 44.3 Å². The first-order valence-corrected chi connectivity index (χ1v) is 14.1. The summed E-state index contributed by atoms with van der Waals surface area (Å²) in [4.78, 5) is 29.4. The van der Waals surface area contributed by atoms with Crippen LogP contribution in [0.25, 0.3) is 0 Å². The first-order chi connectivity index (χ1) is 18.9. The summed E-state index contributed by atoms with van der Waals surface area (Å²) in [6, 6.07) is 9.08. The SMILES string of the molecule is CB(O)N1CCN([C@@H]2c3ccc(Cl)cc3OCc3cccnc32)C[C@H]1C(=O)N1CC[C@@H](Cn2cnc(C)c2)C1. The molecule has 9 nitrogen and oxygen atoms in total. The van der Waals surface area contributed by atoms with Crippen molar-refractivity contribution in [2.24, 2.45) is 5.92 Å². The van der Waals surface area contributed by atoms with Crippen LogP contribution in [0.15, 0.2) is 49.1 Å². The summed E-state index contributed by atoms with van der Waals surface area (Å²) in [5.41, 5.74) is 3.95. The minimum absolute atomic E-state index is 0.0763. The molecule has 1 N–H and O–H groups in total. The number of likely N-dealkylation sites (tertiary alicyclic amines) is 1. The molecule has 3 aliphatic rings. The highest BCUT2D eigenvalue weighted by molar-refractivity contribution is 6.45. The number of aryl methyl sites for hydroxylation is 1. The fourth-order valence-electron chi connectivity index (χ4n) is 6.33. The fourth-order valence-corrected chi connectivity index (χ4v) is 6.49. The van der Waals surface area contributed by atoms with E-state index in [2.05, 4.69) is 14.5 Å². The van der Waals surface area contributed by atoms with Crippen LogP contribution >= 0.6 is 11.6 Å². The standard InChI is InChI=1S/C28H34BClN6O3/c1-19-13-33(18-32-19)14-20-7-9-35(15-20)28(37)24-16-34(10-11-36(24)29(2)38)27-23-6-5-22(30)12-25(23)39-17-21-4-3-8-31-26(21)27/h3-6,8,12-13,18,20,24,27,38H,7,9-11,14-17H2,1-2H3/t20-,24-,27+/m0/s1. The van der Waals surface area contributed by atoms with Crippen molar-refractivity contribution in [1.82, 2.24) is 29.1 Å². The number of benzene rings is 1. The minimum atomic E-state index is -0.720. The Balaban J connectivity index is 1.26. The molecule has 39 heavy (non-hydrogen) atoms. The number of pyridine rings is 1. The number of hydrogen-bond acceptors (Lipinski definition) is 7. The van der Waals surface area contributed by atoms with E-state index >= 15 is 0 Å². The van der Waals surface area contributed by atoms with E-state index in [9.17, 15) is 9.82 Å². The zero-order valence-corrected chi connectivity index (χ0v) is 23.2. The molecule has 5 heterocycles. The number of piperazine rings is 1. The Hall–Kier alpha value is -2.92. The van der Waals surface area contributed by atoms with Gasteiger partial charge < -0.3 is 24.0 Å². The Morgan fingerprint density at radius 1 is 1.21 bits per heavy atom. The Bertz CT molecular complexity index is 1350. The minimum Gasteiger partial charge on any atom is -0.488 e. The maximum atomic E-state index is 14.0. The zero-order chi connectivity index (χ0) is 27.1. The van der Waals surface area contributed by atoms with Crippen LogP contribution in [0.3, 0.4) is 0 Å². The normalized spacial score (nSPS) is 23.6. The Morgan fingerprint density at radius 2 is 2.08 bits per heavy atom. The van der Waals surface area contributed by atoms with E-state index in [0.717, 1.165) is 47.8 Å². The smallest absolute Gasteiger partial charge is 0.377 e. The molecule has 0 aliphatic carbocycles. The van der Waals surface area contributed by atoms with Gasteiger partial charge in [0, 0.05) is 67.8 Å². The van der Waals surface area contributed by atoms with Crippen molar-refractivity contribution in [3.63, 3.8) is 0 Å². The summed E-state index contributed by atoms with van der Waals surface area (Å²) < 4.78 is 8.28. The summed E-state index contributed by atoms with van der Waals surface area (Å²) >= 11 is 6.33. The largest absolute Gasteiger partial charge is 0.488 e. The van der Waals surface area contributed by atoms with Gasteiger partial charge in [-0.3, -0.25) is 14.7 Å². The van der Waals surface area contributed by atoms with Crippen LogP contribution < -0.4 is 4.74 Å². The van der Waals surface area contributed by atoms with Crippen molar-refractivity contribution < 1.29 is 14.6 Å². The molecule has 1 amide bonds. The number of carbonyl (C=O) groups excluding carboxylic acids is 1. The molecule has 0 radical (unpaired) electrons. The summed E-state index contributed by atoms with van der Waals surface area (Å²) in [6.07, 6.45) is 6.68. The van der Waals surface area contributed by atoms with Gasteiger partial charge in [-0.2, -0.15) is 0 Å². The van der Waals surface area contributed by atoms with E-state index in [1.165, 1.54) is 0 Å². The second-order valence-corrected chi connectivity index (χ2v) is 11.4. The van der Waals surface area contributed by atoms with Gasteiger partial charge in [0.15, 0.2) is 0 Å². The first kappa shape index (κ1) is 26.3. The number of aromatic nitrogens is 3. The zero-order valence-electron chi connectivity index (χ0n) is 22.4. The molecule has 0 bridgehead atoms. The molecular weight excluding hydrogens is 515 g/mol. The van der Waals surface area contributed by atoms with Crippen LogP contribution in [0, 0.1) is 12.8 Å². The lowest BCUT2D eigenvalue weighted by Crippen LogP contribution is -2.63. The van der Waals surface area contributed by atoms with E-state index in [0.29, 0.717) is 43.7 Å². The highest BCUT2D eigenvalue weighted by atomic mass is 35.5. The molecule has 3 aliphatic heterocycles. The number of halogens is 1. The number of amides is 1. The van der Waals surface area contributed by atoms with E-state index in [1.807, 2.05) is 65.7 Å². The van der Waals surface area contributed by atoms with Crippen LogP contribution in [0.1, 0.15) is 35.0 Å². The van der Waals surface area contributed by atoms with Crippen LogP contribution in [-0.2, 0) is 17.9 Å². The lowest BCUT2D eigenvalue weighted by Gasteiger charge is -2.45. The Labute approximate surface area is 234 Å². The van der Waals surface area contributed by atoms with Crippen molar-refractivity contribution in [1.29, 1.82) is 0 Å². The van der Waals surface area contributed by atoms with Gasteiger partial charge in [-0.25, -0.2) is 4.98 Å². The van der Waals surface area contributed by atoms with Gasteiger partial charge in [-0.1, -0.05) is 23.7 Å². The second kappa shape index (κ2) is 10.9. The number of hydrogen-bond donors (Lipinski definition) is 1. The van der Waals surface area contributed by atoms with E-state index in [4.69, 9.17) is 21.3 Å². The van der Waals surface area contributed by atoms with Crippen LogP contribution in [-0.4, -0.2) is 85.9 Å². The van der Waals surface area contributed by atoms with Crippen LogP contribution in [0.2, 0.25) is 11.8 Å². The van der Waals surface area contributed by atoms with Crippen molar-refractivity contribution in [3.8, 4) is 5.75 Å². The highest BCUT2D eigenvalue weighted by Crippen LogP contribution is 2.40. The summed E-state index contributed by atoms with van der Waals surface area (Å²) in [6.45, 7) is 8.17. The van der Waals surface area contributed by atoms with Crippen LogP contribution in [0.5, 0.6) is 5.75 Å². The van der Waals surface area contributed by atoms with Crippen LogP contribution in [0.4, 0.5) is 0 Å². The number of imidazole rings is 1. The number of ether oxygens (including phenoxy) is 1. The third-order valence-corrected chi connectivity index (χ3v) is 8.49. The average molecular weight is 549 g/mol. The van der Waals surface area contributed by atoms with Gasteiger partial charge in [0.1, 0.15) is 12.4 Å². The fraction of sp³-hybridized carbons (Fsp3) is 0.464. The topological polar surface area (TPSA) is 87.0 Å².